The first kappa shape index (κ1) is 15.7. The Bertz CT molecular complexity index is 547. The predicted octanol–water partition coefficient (Wildman–Crippen LogP) is 2.73. The molecule has 0 unspecified atom stereocenters. The third-order valence-electron chi connectivity index (χ3n) is 3.66. The summed E-state index contributed by atoms with van der Waals surface area (Å²) in [6.45, 7) is 4.13. The maximum absolute atomic E-state index is 12.2. The summed E-state index contributed by atoms with van der Waals surface area (Å²) in [5, 5.41) is 9.44. The van der Waals surface area contributed by atoms with E-state index in [0.29, 0.717) is 12.1 Å². The van der Waals surface area contributed by atoms with Gasteiger partial charge in [0.25, 0.3) is 0 Å². The van der Waals surface area contributed by atoms with Crippen LogP contribution in [-0.2, 0) is 4.79 Å². The van der Waals surface area contributed by atoms with Gasteiger partial charge < -0.3 is 9.80 Å². The lowest BCUT2D eigenvalue weighted by atomic mass is 10.2. The summed E-state index contributed by atoms with van der Waals surface area (Å²) in [5.74, 6) is 1.07. The number of thioether (sulfide) groups is 1. The Morgan fingerprint density at radius 1 is 1.43 bits per heavy atom. The van der Waals surface area contributed by atoms with Crippen molar-refractivity contribution in [2.24, 2.45) is 0 Å². The van der Waals surface area contributed by atoms with Crippen LogP contribution in [0.3, 0.4) is 0 Å². The summed E-state index contributed by atoms with van der Waals surface area (Å²) in [7, 11) is 1.88. The fraction of sp³-hybridized carbons (Fsp3) is 0.500. The molecule has 1 aliphatic rings. The molecule has 0 atom stereocenters. The van der Waals surface area contributed by atoms with E-state index in [4.69, 9.17) is 0 Å². The Hall–Kier alpha value is -1.67. The molecule has 5 heteroatoms. The van der Waals surface area contributed by atoms with Gasteiger partial charge in [0.2, 0.25) is 5.91 Å². The molecule has 1 aromatic carbocycles. The number of likely N-dealkylation sites (tertiary alicyclic amines) is 1. The minimum Gasteiger partial charge on any atom is -0.364 e. The van der Waals surface area contributed by atoms with E-state index in [1.165, 1.54) is 0 Å². The van der Waals surface area contributed by atoms with Gasteiger partial charge in [0.15, 0.2) is 0 Å². The fourth-order valence-electron chi connectivity index (χ4n) is 2.58. The number of hydrogen-bond acceptors (Lipinski definition) is 4. The van der Waals surface area contributed by atoms with Crippen molar-refractivity contribution in [3.8, 4) is 6.07 Å². The van der Waals surface area contributed by atoms with Crippen molar-refractivity contribution < 1.29 is 4.79 Å². The van der Waals surface area contributed by atoms with E-state index < -0.39 is 0 Å². The number of likely N-dealkylation sites (N-methyl/N-ethyl adjacent to an activating group) is 1. The van der Waals surface area contributed by atoms with Crippen LogP contribution in [0.25, 0.3) is 0 Å². The molecular formula is C16H21N3OS. The van der Waals surface area contributed by atoms with Crippen LogP contribution in [0.4, 0.5) is 5.69 Å². The summed E-state index contributed by atoms with van der Waals surface area (Å²) in [6.07, 6.45) is 2.20. The van der Waals surface area contributed by atoms with Gasteiger partial charge in [-0.15, -0.1) is 11.8 Å². The number of amides is 1. The zero-order chi connectivity index (χ0) is 15.2. The molecule has 1 aromatic rings. The van der Waals surface area contributed by atoms with E-state index in [2.05, 4.69) is 13.0 Å². The van der Waals surface area contributed by atoms with Crippen LogP contribution < -0.4 is 4.90 Å². The summed E-state index contributed by atoms with van der Waals surface area (Å²) in [5.41, 5.74) is 1.50. The molecule has 0 aromatic heterocycles. The molecule has 0 radical (unpaired) electrons. The van der Waals surface area contributed by atoms with Gasteiger partial charge >= 0.3 is 0 Å². The lowest BCUT2D eigenvalue weighted by Gasteiger charge is -2.24. The van der Waals surface area contributed by atoms with Gasteiger partial charge in [0.1, 0.15) is 6.07 Å². The first-order valence-electron chi connectivity index (χ1n) is 7.32. The van der Waals surface area contributed by atoms with Crippen molar-refractivity contribution in [1.29, 1.82) is 5.26 Å². The monoisotopic (exact) mass is 303 g/mol. The van der Waals surface area contributed by atoms with Crippen LogP contribution >= 0.6 is 11.8 Å². The van der Waals surface area contributed by atoms with Crippen molar-refractivity contribution in [3.63, 3.8) is 0 Å². The van der Waals surface area contributed by atoms with E-state index >= 15 is 0 Å². The summed E-state index contributed by atoms with van der Waals surface area (Å²) in [6, 6.07) is 8.11. The number of carbonyl (C=O) groups is 1. The molecule has 0 aliphatic carbocycles. The zero-order valence-electron chi connectivity index (χ0n) is 12.6. The molecule has 1 fully saturated rings. The van der Waals surface area contributed by atoms with Crippen molar-refractivity contribution in [2.45, 2.75) is 24.7 Å². The average Bonchev–Trinajstić information content (AvgIpc) is 3.01. The molecule has 0 N–H and O–H groups in total. The number of hydrogen-bond donors (Lipinski definition) is 0. The van der Waals surface area contributed by atoms with E-state index in [0.717, 1.165) is 42.3 Å². The Labute approximate surface area is 130 Å². The van der Waals surface area contributed by atoms with Gasteiger partial charge in [0.05, 0.1) is 17.8 Å². The van der Waals surface area contributed by atoms with Crippen LogP contribution in [0.15, 0.2) is 23.1 Å². The minimum atomic E-state index is 0.146. The molecule has 1 amide bonds. The van der Waals surface area contributed by atoms with Crippen molar-refractivity contribution in [2.75, 3.05) is 37.3 Å². The number of nitrogens with zero attached hydrogens (tertiary/aromatic N) is 3. The van der Waals surface area contributed by atoms with E-state index in [-0.39, 0.29) is 5.91 Å². The highest BCUT2D eigenvalue weighted by atomic mass is 32.2. The largest absolute Gasteiger partial charge is 0.364 e. The smallest absolute Gasteiger partial charge is 0.242 e. The van der Waals surface area contributed by atoms with Gasteiger partial charge in [-0.2, -0.15) is 5.26 Å². The van der Waals surface area contributed by atoms with Crippen LogP contribution in [0.1, 0.15) is 25.3 Å². The summed E-state index contributed by atoms with van der Waals surface area (Å²) < 4.78 is 0. The van der Waals surface area contributed by atoms with Gasteiger partial charge in [-0.3, -0.25) is 4.79 Å². The molecule has 1 heterocycles. The van der Waals surface area contributed by atoms with E-state index in [1.807, 2.05) is 35.0 Å². The van der Waals surface area contributed by atoms with Gasteiger partial charge in [-0.05, 0) is 30.7 Å². The third kappa shape index (κ3) is 3.70. The highest BCUT2D eigenvalue weighted by Crippen LogP contribution is 2.29. The fourth-order valence-corrected chi connectivity index (χ4v) is 3.36. The molecule has 0 bridgehead atoms. The van der Waals surface area contributed by atoms with E-state index in [1.54, 1.807) is 11.8 Å². The highest BCUT2D eigenvalue weighted by molar-refractivity contribution is 7.99. The third-order valence-corrected chi connectivity index (χ3v) is 4.60. The molecule has 4 nitrogen and oxygen atoms in total. The molecular weight excluding hydrogens is 282 g/mol. The Morgan fingerprint density at radius 2 is 2.14 bits per heavy atom. The molecule has 21 heavy (non-hydrogen) atoms. The quantitative estimate of drug-likeness (QED) is 0.785. The first-order chi connectivity index (χ1) is 10.2. The molecule has 0 saturated carbocycles. The number of carbonyl (C=O) groups excluding carboxylic acids is 1. The number of nitriles is 1. The number of rotatable bonds is 5. The Kier molecular flexibility index (Phi) is 5.51. The molecule has 0 spiro atoms. The minimum absolute atomic E-state index is 0.146. The lowest BCUT2D eigenvalue weighted by Crippen LogP contribution is -2.37. The van der Waals surface area contributed by atoms with Crippen molar-refractivity contribution in [3.05, 3.63) is 23.8 Å². The Morgan fingerprint density at radius 3 is 2.76 bits per heavy atom. The van der Waals surface area contributed by atoms with Crippen molar-refractivity contribution in [1.82, 2.24) is 4.90 Å². The molecule has 1 saturated heterocycles. The second-order valence-corrected chi connectivity index (χ2v) is 6.44. The summed E-state index contributed by atoms with van der Waals surface area (Å²) >= 11 is 1.66. The van der Waals surface area contributed by atoms with Crippen LogP contribution in [0.5, 0.6) is 0 Å². The maximum atomic E-state index is 12.2. The van der Waals surface area contributed by atoms with E-state index in [9.17, 15) is 10.1 Å². The maximum Gasteiger partial charge on any atom is 0.242 e. The lowest BCUT2D eigenvalue weighted by molar-refractivity contribution is -0.128. The standard InChI is InChI=1S/C16H21N3OS/c1-3-21-15-8-6-7-14(13(15)11-17)18(2)12-16(20)19-9-4-5-10-19/h6-8H,3-5,9-10,12H2,1-2H3. The van der Waals surface area contributed by atoms with Crippen LogP contribution in [0, 0.1) is 11.3 Å². The predicted molar refractivity (Wildman–Crippen MR) is 86.6 cm³/mol. The summed E-state index contributed by atoms with van der Waals surface area (Å²) in [4.78, 5) is 17.0. The van der Waals surface area contributed by atoms with Gasteiger partial charge in [0, 0.05) is 25.0 Å². The normalized spacial score (nSPS) is 14.0. The second-order valence-electron chi connectivity index (χ2n) is 5.14. The number of anilines is 1. The first-order valence-corrected chi connectivity index (χ1v) is 8.30. The van der Waals surface area contributed by atoms with Gasteiger partial charge in [-0.1, -0.05) is 13.0 Å². The van der Waals surface area contributed by atoms with Crippen molar-refractivity contribution >= 4 is 23.4 Å². The molecule has 1 aliphatic heterocycles. The molecule has 112 valence electrons. The van der Waals surface area contributed by atoms with Crippen LogP contribution in [0.2, 0.25) is 0 Å². The highest BCUT2D eigenvalue weighted by Gasteiger charge is 2.20. The number of benzene rings is 1. The second kappa shape index (κ2) is 7.37. The Balaban J connectivity index is 2.14. The zero-order valence-corrected chi connectivity index (χ0v) is 13.4. The SMILES string of the molecule is CCSc1cccc(N(C)CC(=O)N2CCCC2)c1C#N. The van der Waals surface area contributed by atoms with Gasteiger partial charge in [-0.25, -0.2) is 0 Å². The molecule has 2 rings (SSSR count). The van der Waals surface area contributed by atoms with Crippen LogP contribution in [-0.4, -0.2) is 43.2 Å². The average molecular weight is 303 g/mol. The topological polar surface area (TPSA) is 47.3 Å².